The van der Waals surface area contributed by atoms with Crippen molar-refractivity contribution in [3.63, 3.8) is 0 Å². The Hall–Kier alpha value is -1.31. The third-order valence-corrected chi connectivity index (χ3v) is 4.46. The monoisotopic (exact) mass is 286 g/mol. The maximum atomic E-state index is 4.83. The average Bonchev–Trinajstić information content (AvgIpc) is 2.80. The second-order valence-electron chi connectivity index (χ2n) is 6.25. The lowest BCUT2D eigenvalue weighted by Gasteiger charge is -2.03. The first-order valence-electron chi connectivity index (χ1n) is 8.65. The fourth-order valence-electron chi connectivity index (χ4n) is 3.04. The van der Waals surface area contributed by atoms with E-state index in [9.17, 15) is 0 Å². The second-order valence-corrected chi connectivity index (χ2v) is 6.25. The molecule has 0 N–H and O–H groups in total. The van der Waals surface area contributed by atoms with Crippen LogP contribution in [-0.2, 0) is 13.5 Å². The molecular weight excluding hydrogens is 256 g/mol. The molecule has 0 fully saturated rings. The summed E-state index contributed by atoms with van der Waals surface area (Å²) in [6.07, 6.45) is 12.1. The molecule has 0 aliphatic rings. The number of fused-ring (bicyclic) bond motifs is 1. The zero-order valence-electron chi connectivity index (χ0n) is 14.0. The molecule has 0 aliphatic carbocycles. The molecule has 0 amide bonds. The van der Waals surface area contributed by atoms with Gasteiger partial charge in [0, 0.05) is 13.5 Å². The molecule has 2 nitrogen and oxygen atoms in total. The van der Waals surface area contributed by atoms with E-state index in [0.717, 1.165) is 6.42 Å². The predicted molar refractivity (Wildman–Crippen MR) is 91.8 cm³/mol. The largest absolute Gasteiger partial charge is 0.331 e. The van der Waals surface area contributed by atoms with Crippen LogP contribution in [0.1, 0.15) is 69.7 Å². The molecule has 0 unspecified atom stereocenters. The number of aryl methyl sites for hydroxylation is 3. The van der Waals surface area contributed by atoms with E-state index in [4.69, 9.17) is 4.98 Å². The number of para-hydroxylation sites is 1. The highest BCUT2D eigenvalue weighted by Crippen LogP contribution is 2.20. The summed E-state index contributed by atoms with van der Waals surface area (Å²) in [5.74, 6) is 1.24. The van der Waals surface area contributed by atoms with Crippen molar-refractivity contribution in [1.82, 2.24) is 9.55 Å². The Bertz CT molecular complexity index is 554. The minimum atomic E-state index is 1.11. The Morgan fingerprint density at radius 2 is 1.62 bits per heavy atom. The summed E-state index contributed by atoms with van der Waals surface area (Å²) in [7, 11) is 2.15. The number of hydrogen-bond acceptors (Lipinski definition) is 1. The molecule has 0 bridgehead atoms. The SMILES string of the molecule is CCCCCCCCCCc1nc2c(C)cccc2n1C. The first kappa shape index (κ1) is 16.1. The molecular formula is C19H30N2. The Morgan fingerprint density at radius 1 is 0.952 bits per heavy atom. The third-order valence-electron chi connectivity index (χ3n) is 4.46. The molecule has 2 rings (SSSR count). The molecule has 0 atom stereocenters. The first-order valence-corrected chi connectivity index (χ1v) is 8.65. The van der Waals surface area contributed by atoms with E-state index in [1.165, 1.54) is 73.8 Å². The van der Waals surface area contributed by atoms with Crippen LogP contribution in [0.4, 0.5) is 0 Å². The molecule has 1 aromatic heterocycles. The highest BCUT2D eigenvalue weighted by molar-refractivity contribution is 5.79. The Kier molecular flexibility index (Phi) is 6.28. The van der Waals surface area contributed by atoms with Gasteiger partial charge in [0.25, 0.3) is 0 Å². The van der Waals surface area contributed by atoms with Crippen molar-refractivity contribution in [1.29, 1.82) is 0 Å². The zero-order valence-corrected chi connectivity index (χ0v) is 14.0. The highest BCUT2D eigenvalue weighted by Gasteiger charge is 2.08. The van der Waals surface area contributed by atoms with E-state index in [1.54, 1.807) is 0 Å². The minimum absolute atomic E-state index is 1.11. The molecule has 0 aliphatic heterocycles. The Balaban J connectivity index is 1.76. The molecule has 0 saturated carbocycles. The van der Waals surface area contributed by atoms with Gasteiger partial charge in [-0.1, -0.05) is 64.0 Å². The molecule has 1 heterocycles. The number of aromatic nitrogens is 2. The summed E-state index contributed by atoms with van der Waals surface area (Å²) in [5, 5.41) is 0. The fourth-order valence-corrected chi connectivity index (χ4v) is 3.04. The van der Waals surface area contributed by atoms with Crippen LogP contribution in [0.15, 0.2) is 18.2 Å². The normalized spacial score (nSPS) is 11.4. The lowest BCUT2D eigenvalue weighted by molar-refractivity contribution is 0.569. The van der Waals surface area contributed by atoms with Crippen molar-refractivity contribution in [2.75, 3.05) is 0 Å². The summed E-state index contributed by atoms with van der Waals surface area (Å²) in [6.45, 7) is 4.42. The number of rotatable bonds is 9. The smallest absolute Gasteiger partial charge is 0.109 e. The van der Waals surface area contributed by atoms with Gasteiger partial charge in [-0.15, -0.1) is 0 Å². The van der Waals surface area contributed by atoms with E-state index >= 15 is 0 Å². The van der Waals surface area contributed by atoms with Crippen molar-refractivity contribution >= 4 is 11.0 Å². The topological polar surface area (TPSA) is 17.8 Å². The van der Waals surface area contributed by atoms with Gasteiger partial charge in [-0.3, -0.25) is 0 Å². The summed E-state index contributed by atoms with van der Waals surface area (Å²) in [5.41, 5.74) is 3.73. The van der Waals surface area contributed by atoms with E-state index in [1.807, 2.05) is 0 Å². The van der Waals surface area contributed by atoms with Gasteiger partial charge in [-0.05, 0) is 25.0 Å². The van der Waals surface area contributed by atoms with Crippen molar-refractivity contribution in [2.45, 2.75) is 71.6 Å². The molecule has 2 aromatic rings. The maximum Gasteiger partial charge on any atom is 0.109 e. The van der Waals surface area contributed by atoms with Crippen LogP contribution in [0.5, 0.6) is 0 Å². The number of nitrogens with zero attached hydrogens (tertiary/aromatic N) is 2. The van der Waals surface area contributed by atoms with E-state index in [-0.39, 0.29) is 0 Å². The maximum absolute atomic E-state index is 4.83. The van der Waals surface area contributed by atoms with Gasteiger partial charge >= 0.3 is 0 Å². The number of imidazole rings is 1. The summed E-state index contributed by atoms with van der Waals surface area (Å²) >= 11 is 0. The summed E-state index contributed by atoms with van der Waals surface area (Å²) in [6, 6.07) is 6.45. The standard InChI is InChI=1S/C19H30N2/c1-4-5-6-7-8-9-10-11-15-18-20-19-16(2)13-12-14-17(19)21(18)3/h12-14H,4-11,15H2,1-3H3. The van der Waals surface area contributed by atoms with Crippen LogP contribution in [0.25, 0.3) is 11.0 Å². The molecule has 1 aromatic carbocycles. The van der Waals surface area contributed by atoms with Gasteiger partial charge in [0.2, 0.25) is 0 Å². The number of hydrogen-bond donors (Lipinski definition) is 0. The predicted octanol–water partition coefficient (Wildman–Crippen LogP) is 5.56. The lowest BCUT2D eigenvalue weighted by Crippen LogP contribution is -1.97. The third kappa shape index (κ3) is 4.33. The minimum Gasteiger partial charge on any atom is -0.331 e. The van der Waals surface area contributed by atoms with Gasteiger partial charge in [0.05, 0.1) is 11.0 Å². The first-order chi connectivity index (χ1) is 10.2. The molecule has 0 saturated heterocycles. The van der Waals surface area contributed by atoms with Crippen LogP contribution in [0.3, 0.4) is 0 Å². The van der Waals surface area contributed by atoms with Gasteiger partial charge in [-0.2, -0.15) is 0 Å². The summed E-state index contributed by atoms with van der Waals surface area (Å²) in [4.78, 5) is 4.83. The van der Waals surface area contributed by atoms with Gasteiger partial charge in [0.1, 0.15) is 5.82 Å². The molecule has 116 valence electrons. The van der Waals surface area contributed by atoms with Crippen molar-refractivity contribution < 1.29 is 0 Å². The highest BCUT2D eigenvalue weighted by atomic mass is 15.1. The van der Waals surface area contributed by atoms with E-state index < -0.39 is 0 Å². The Morgan fingerprint density at radius 3 is 2.29 bits per heavy atom. The van der Waals surface area contributed by atoms with E-state index in [2.05, 4.69) is 43.7 Å². The van der Waals surface area contributed by atoms with Gasteiger partial charge in [0.15, 0.2) is 0 Å². The zero-order chi connectivity index (χ0) is 15.1. The van der Waals surface area contributed by atoms with Crippen molar-refractivity contribution in [3.05, 3.63) is 29.6 Å². The van der Waals surface area contributed by atoms with Crippen LogP contribution in [0.2, 0.25) is 0 Å². The second kappa shape index (κ2) is 8.21. The van der Waals surface area contributed by atoms with Gasteiger partial charge < -0.3 is 4.57 Å². The molecule has 2 heteroatoms. The van der Waals surface area contributed by atoms with Gasteiger partial charge in [-0.25, -0.2) is 4.98 Å². The quantitative estimate of drug-likeness (QED) is 0.551. The van der Waals surface area contributed by atoms with Crippen LogP contribution in [-0.4, -0.2) is 9.55 Å². The van der Waals surface area contributed by atoms with Crippen LogP contribution >= 0.6 is 0 Å². The van der Waals surface area contributed by atoms with Crippen LogP contribution in [0, 0.1) is 6.92 Å². The number of benzene rings is 1. The van der Waals surface area contributed by atoms with Crippen LogP contribution < -0.4 is 0 Å². The average molecular weight is 286 g/mol. The van der Waals surface area contributed by atoms with Crippen molar-refractivity contribution in [2.24, 2.45) is 7.05 Å². The van der Waals surface area contributed by atoms with Crippen molar-refractivity contribution in [3.8, 4) is 0 Å². The van der Waals surface area contributed by atoms with E-state index in [0.29, 0.717) is 0 Å². The molecule has 21 heavy (non-hydrogen) atoms. The molecule has 0 spiro atoms. The number of unbranched alkanes of at least 4 members (excludes halogenated alkanes) is 7. The fraction of sp³-hybridized carbons (Fsp3) is 0.632. The lowest BCUT2D eigenvalue weighted by atomic mass is 10.1. The summed E-state index contributed by atoms with van der Waals surface area (Å²) < 4.78 is 2.27. The Labute approximate surface area is 129 Å². The molecule has 0 radical (unpaired) electrons.